The van der Waals surface area contributed by atoms with Crippen molar-refractivity contribution >= 4 is 12.1 Å². The smallest absolute Gasteiger partial charge is 0.103 e. The third kappa shape index (κ3) is 5.94. The Kier molecular flexibility index (Phi) is 6.03. The summed E-state index contributed by atoms with van der Waals surface area (Å²) in [4.78, 5) is 8.02. The Hall–Kier alpha value is -1.64. The number of allylic oxidation sites excluding steroid dienone is 3. The normalized spacial score (nSPS) is 12.4. The van der Waals surface area contributed by atoms with Crippen LogP contribution in [0.2, 0.25) is 0 Å². The second-order valence-electron chi connectivity index (χ2n) is 2.73. The minimum Gasteiger partial charge on any atom is -0.343 e. The summed E-state index contributed by atoms with van der Waals surface area (Å²) in [5, 5.41) is 2.98. The fraction of sp³-hybridized carbons (Fsp3) is 0.273. The first-order valence-electron chi connectivity index (χ1n) is 4.35. The van der Waals surface area contributed by atoms with E-state index in [-0.39, 0.29) is 0 Å². The zero-order valence-electron chi connectivity index (χ0n) is 9.04. The number of amidine groups is 1. The Bertz CT molecular complexity index is 296. The molecule has 0 unspecified atom stereocenters. The van der Waals surface area contributed by atoms with Crippen LogP contribution in [0, 0.1) is 0 Å². The highest BCUT2D eigenvalue weighted by atomic mass is 15.0. The summed E-state index contributed by atoms with van der Waals surface area (Å²) >= 11 is 0. The van der Waals surface area contributed by atoms with Crippen LogP contribution in [0.25, 0.3) is 0 Å². The second-order valence-corrected chi connectivity index (χ2v) is 2.73. The SMILES string of the molecule is C=C(/C=C\C)N=C(C)NC(=C)C=NC. The largest absolute Gasteiger partial charge is 0.343 e. The number of aliphatic imine (C=N–C) groups is 2. The molecule has 0 amide bonds. The minimum absolute atomic E-state index is 0.707. The van der Waals surface area contributed by atoms with E-state index in [2.05, 4.69) is 28.5 Å². The van der Waals surface area contributed by atoms with E-state index >= 15 is 0 Å². The molecule has 0 heterocycles. The fourth-order valence-corrected chi connectivity index (χ4v) is 0.893. The van der Waals surface area contributed by atoms with Crippen molar-refractivity contribution in [2.75, 3.05) is 7.05 Å². The summed E-state index contributed by atoms with van der Waals surface area (Å²) < 4.78 is 0. The van der Waals surface area contributed by atoms with Gasteiger partial charge < -0.3 is 5.32 Å². The van der Waals surface area contributed by atoms with Crippen LogP contribution in [-0.4, -0.2) is 19.1 Å². The summed E-state index contributed by atoms with van der Waals surface area (Å²) in [5.74, 6) is 0.748. The van der Waals surface area contributed by atoms with E-state index in [9.17, 15) is 0 Å². The Labute approximate surface area is 85.7 Å². The Morgan fingerprint density at radius 2 is 2.00 bits per heavy atom. The number of rotatable bonds is 4. The van der Waals surface area contributed by atoms with Gasteiger partial charge in [0.05, 0.1) is 11.4 Å². The Morgan fingerprint density at radius 3 is 2.50 bits per heavy atom. The molecule has 0 radical (unpaired) electrons. The van der Waals surface area contributed by atoms with Gasteiger partial charge in [-0.1, -0.05) is 19.2 Å². The third-order valence-electron chi connectivity index (χ3n) is 1.30. The molecule has 0 bridgehead atoms. The van der Waals surface area contributed by atoms with E-state index < -0.39 is 0 Å². The molecule has 0 aliphatic heterocycles. The molecule has 0 aromatic carbocycles. The first kappa shape index (κ1) is 12.4. The molecule has 0 rings (SSSR count). The van der Waals surface area contributed by atoms with Gasteiger partial charge in [0.25, 0.3) is 0 Å². The van der Waals surface area contributed by atoms with E-state index in [1.807, 2.05) is 26.0 Å². The van der Waals surface area contributed by atoms with Gasteiger partial charge in [0.15, 0.2) is 0 Å². The summed E-state index contributed by atoms with van der Waals surface area (Å²) in [5.41, 5.74) is 1.42. The Morgan fingerprint density at radius 1 is 1.36 bits per heavy atom. The van der Waals surface area contributed by atoms with Gasteiger partial charge in [0.1, 0.15) is 5.84 Å². The molecule has 0 spiro atoms. The summed E-state index contributed by atoms with van der Waals surface area (Å²) in [6, 6.07) is 0. The van der Waals surface area contributed by atoms with Crippen molar-refractivity contribution in [3.05, 3.63) is 36.7 Å². The number of hydrogen-bond acceptors (Lipinski definition) is 2. The topological polar surface area (TPSA) is 36.8 Å². The molecule has 0 saturated carbocycles. The number of nitrogens with one attached hydrogen (secondary N) is 1. The quantitative estimate of drug-likeness (QED) is 0.413. The van der Waals surface area contributed by atoms with Crippen molar-refractivity contribution in [2.45, 2.75) is 13.8 Å². The van der Waals surface area contributed by atoms with Crippen molar-refractivity contribution in [1.29, 1.82) is 0 Å². The number of hydrogen-bond donors (Lipinski definition) is 1. The lowest BCUT2D eigenvalue weighted by Gasteiger charge is -2.03. The van der Waals surface area contributed by atoms with Crippen LogP contribution in [-0.2, 0) is 0 Å². The molecular formula is C11H17N3. The highest BCUT2D eigenvalue weighted by molar-refractivity contribution is 5.89. The molecule has 1 N–H and O–H groups in total. The molecule has 3 nitrogen and oxygen atoms in total. The van der Waals surface area contributed by atoms with E-state index in [0.717, 1.165) is 5.84 Å². The van der Waals surface area contributed by atoms with Crippen molar-refractivity contribution in [3.63, 3.8) is 0 Å². The average molecular weight is 191 g/mol. The van der Waals surface area contributed by atoms with Crippen molar-refractivity contribution < 1.29 is 0 Å². The van der Waals surface area contributed by atoms with Crippen LogP contribution < -0.4 is 5.32 Å². The van der Waals surface area contributed by atoms with Crippen LogP contribution in [0.4, 0.5) is 0 Å². The van der Waals surface area contributed by atoms with Gasteiger partial charge in [-0.2, -0.15) is 0 Å². The van der Waals surface area contributed by atoms with Gasteiger partial charge in [0.2, 0.25) is 0 Å². The van der Waals surface area contributed by atoms with Crippen LogP contribution >= 0.6 is 0 Å². The molecule has 0 atom stereocenters. The second kappa shape index (κ2) is 6.83. The molecule has 3 heteroatoms. The van der Waals surface area contributed by atoms with Crippen molar-refractivity contribution in [3.8, 4) is 0 Å². The molecular weight excluding hydrogens is 174 g/mol. The predicted octanol–water partition coefficient (Wildman–Crippen LogP) is 2.30. The predicted molar refractivity (Wildman–Crippen MR) is 63.8 cm³/mol. The maximum atomic E-state index is 4.19. The lowest BCUT2D eigenvalue weighted by molar-refractivity contribution is 1.18. The van der Waals surface area contributed by atoms with E-state index in [4.69, 9.17) is 0 Å². The van der Waals surface area contributed by atoms with Gasteiger partial charge >= 0.3 is 0 Å². The van der Waals surface area contributed by atoms with Crippen LogP contribution in [0.1, 0.15) is 13.8 Å². The van der Waals surface area contributed by atoms with Gasteiger partial charge in [-0.15, -0.1) is 0 Å². The molecule has 0 aliphatic rings. The zero-order chi connectivity index (χ0) is 11.0. The summed E-state index contributed by atoms with van der Waals surface area (Å²) in [6.07, 6.45) is 5.36. The molecule has 0 aliphatic carbocycles. The van der Waals surface area contributed by atoms with E-state index in [1.54, 1.807) is 13.3 Å². The molecule has 0 aromatic heterocycles. The highest BCUT2D eigenvalue weighted by Gasteiger charge is 1.91. The van der Waals surface area contributed by atoms with E-state index in [1.165, 1.54) is 0 Å². The maximum Gasteiger partial charge on any atom is 0.103 e. The number of nitrogens with zero attached hydrogens (tertiary/aromatic N) is 2. The fourth-order valence-electron chi connectivity index (χ4n) is 0.893. The van der Waals surface area contributed by atoms with Crippen LogP contribution in [0.15, 0.2) is 46.7 Å². The van der Waals surface area contributed by atoms with Crippen LogP contribution in [0.5, 0.6) is 0 Å². The first-order valence-corrected chi connectivity index (χ1v) is 4.35. The van der Waals surface area contributed by atoms with E-state index in [0.29, 0.717) is 11.4 Å². The molecule has 0 aromatic rings. The van der Waals surface area contributed by atoms with Gasteiger partial charge in [0, 0.05) is 13.3 Å². The summed E-state index contributed by atoms with van der Waals surface area (Å²) in [7, 11) is 1.69. The average Bonchev–Trinajstić information content (AvgIpc) is 2.03. The van der Waals surface area contributed by atoms with Crippen molar-refractivity contribution in [1.82, 2.24) is 5.32 Å². The third-order valence-corrected chi connectivity index (χ3v) is 1.30. The Balaban J connectivity index is 4.26. The molecule has 14 heavy (non-hydrogen) atoms. The van der Waals surface area contributed by atoms with Gasteiger partial charge in [-0.25, -0.2) is 4.99 Å². The highest BCUT2D eigenvalue weighted by Crippen LogP contribution is 1.95. The van der Waals surface area contributed by atoms with Crippen molar-refractivity contribution in [2.24, 2.45) is 9.98 Å². The minimum atomic E-state index is 0.707. The maximum absolute atomic E-state index is 4.19. The standard InChI is InChI=1S/C11H17N3/c1-6-7-9(2)13-11(4)14-10(3)8-12-5/h6-8H,2-3H2,1,4-5H3,(H,13,14)/b7-6-,12-8?. The summed E-state index contributed by atoms with van der Waals surface area (Å²) in [6.45, 7) is 11.3. The van der Waals surface area contributed by atoms with Crippen LogP contribution in [0.3, 0.4) is 0 Å². The monoisotopic (exact) mass is 191 g/mol. The first-order chi connectivity index (χ1) is 6.60. The molecule has 76 valence electrons. The lowest BCUT2D eigenvalue weighted by Crippen LogP contribution is -2.19. The lowest BCUT2D eigenvalue weighted by atomic mass is 10.4. The van der Waals surface area contributed by atoms with Gasteiger partial charge in [-0.05, 0) is 19.9 Å². The van der Waals surface area contributed by atoms with Gasteiger partial charge in [-0.3, -0.25) is 4.99 Å². The zero-order valence-corrected chi connectivity index (χ0v) is 9.04. The molecule has 0 saturated heterocycles. The molecule has 0 fully saturated rings.